The molecule has 0 unspecified atom stereocenters. The van der Waals surface area contributed by atoms with Gasteiger partial charge < -0.3 is 5.32 Å². The molecule has 1 heterocycles. The van der Waals surface area contributed by atoms with Crippen LogP contribution in [0.1, 0.15) is 5.69 Å². The highest BCUT2D eigenvalue weighted by Crippen LogP contribution is 2.20. The lowest BCUT2D eigenvalue weighted by Crippen LogP contribution is -2.03. The third kappa shape index (κ3) is 3.31. The topological polar surface area (TPSA) is 29.9 Å². The van der Waals surface area contributed by atoms with E-state index >= 15 is 0 Å². The van der Waals surface area contributed by atoms with E-state index in [1.807, 2.05) is 42.6 Å². The maximum absolute atomic E-state index is 13.6. The van der Waals surface area contributed by atoms with Crippen molar-refractivity contribution in [1.82, 2.24) is 9.78 Å². The molecule has 3 aromatic rings. The van der Waals surface area contributed by atoms with Crippen molar-refractivity contribution in [2.75, 3.05) is 5.32 Å². The summed E-state index contributed by atoms with van der Waals surface area (Å²) in [6.07, 6.45) is 1.89. The fourth-order valence-electron chi connectivity index (χ4n) is 2.00. The van der Waals surface area contributed by atoms with Crippen LogP contribution in [0.5, 0.6) is 0 Å². The summed E-state index contributed by atoms with van der Waals surface area (Å²) in [6, 6.07) is 16.6. The van der Waals surface area contributed by atoms with Crippen molar-refractivity contribution in [2.24, 2.45) is 0 Å². The van der Waals surface area contributed by atoms with Crippen molar-refractivity contribution in [1.29, 1.82) is 0 Å². The van der Waals surface area contributed by atoms with E-state index < -0.39 is 0 Å². The highest BCUT2D eigenvalue weighted by molar-refractivity contribution is 9.10. The molecule has 2 aromatic carbocycles. The summed E-state index contributed by atoms with van der Waals surface area (Å²) in [6.45, 7) is 0.465. The van der Waals surface area contributed by atoms with E-state index in [1.165, 1.54) is 6.07 Å². The van der Waals surface area contributed by atoms with Gasteiger partial charge in [0.25, 0.3) is 0 Å². The first-order chi connectivity index (χ1) is 10.2. The fourth-order valence-corrected chi connectivity index (χ4v) is 2.36. The first-order valence-corrected chi connectivity index (χ1v) is 7.30. The molecule has 0 saturated carbocycles. The second-order valence-electron chi connectivity index (χ2n) is 4.56. The van der Waals surface area contributed by atoms with E-state index in [9.17, 15) is 4.39 Å². The number of aromatic nitrogens is 2. The zero-order valence-corrected chi connectivity index (χ0v) is 12.7. The molecular weight excluding hydrogens is 333 g/mol. The van der Waals surface area contributed by atoms with Crippen LogP contribution in [0.4, 0.5) is 10.1 Å². The molecule has 1 N–H and O–H groups in total. The van der Waals surface area contributed by atoms with Crippen LogP contribution in [-0.4, -0.2) is 9.78 Å². The van der Waals surface area contributed by atoms with Crippen LogP contribution in [0.25, 0.3) is 5.69 Å². The standard InChI is InChI=1S/C16H13BrFN3/c17-12-6-7-15(18)16(10-12)19-11-13-8-9-21(20-13)14-4-2-1-3-5-14/h1-10,19H,11H2. The Kier molecular flexibility index (Phi) is 4.01. The van der Waals surface area contributed by atoms with Gasteiger partial charge in [-0.05, 0) is 36.4 Å². The maximum Gasteiger partial charge on any atom is 0.146 e. The Balaban J connectivity index is 1.72. The minimum Gasteiger partial charge on any atom is -0.377 e. The third-order valence-corrected chi connectivity index (χ3v) is 3.55. The van der Waals surface area contributed by atoms with Crippen LogP contribution in [0.3, 0.4) is 0 Å². The maximum atomic E-state index is 13.6. The highest BCUT2D eigenvalue weighted by atomic mass is 79.9. The van der Waals surface area contributed by atoms with Gasteiger partial charge in [-0.1, -0.05) is 34.1 Å². The second kappa shape index (κ2) is 6.10. The predicted octanol–water partition coefficient (Wildman–Crippen LogP) is 4.39. The lowest BCUT2D eigenvalue weighted by molar-refractivity contribution is 0.629. The van der Waals surface area contributed by atoms with Gasteiger partial charge in [-0.2, -0.15) is 5.10 Å². The van der Waals surface area contributed by atoms with Crippen molar-refractivity contribution in [3.05, 3.63) is 76.8 Å². The summed E-state index contributed by atoms with van der Waals surface area (Å²) in [5.41, 5.74) is 2.30. The first-order valence-electron chi connectivity index (χ1n) is 6.51. The molecule has 0 saturated heterocycles. The fraction of sp³-hybridized carbons (Fsp3) is 0.0625. The Morgan fingerprint density at radius 1 is 1.10 bits per heavy atom. The van der Waals surface area contributed by atoms with Gasteiger partial charge in [-0.15, -0.1) is 0 Å². The van der Waals surface area contributed by atoms with Crippen LogP contribution in [0, 0.1) is 5.82 Å². The number of para-hydroxylation sites is 1. The normalized spacial score (nSPS) is 10.6. The first kappa shape index (κ1) is 13.8. The monoisotopic (exact) mass is 345 g/mol. The quantitative estimate of drug-likeness (QED) is 0.760. The Hall–Kier alpha value is -2.14. The smallest absolute Gasteiger partial charge is 0.146 e. The summed E-state index contributed by atoms with van der Waals surface area (Å²) in [7, 11) is 0. The van der Waals surface area contributed by atoms with Gasteiger partial charge in [0.15, 0.2) is 0 Å². The molecule has 106 valence electrons. The lowest BCUT2D eigenvalue weighted by atomic mass is 10.3. The molecule has 1 aromatic heterocycles. The molecule has 0 aliphatic carbocycles. The van der Waals surface area contributed by atoms with E-state index in [0.29, 0.717) is 12.2 Å². The number of nitrogens with one attached hydrogen (secondary N) is 1. The predicted molar refractivity (Wildman–Crippen MR) is 85.0 cm³/mol. The molecule has 5 heteroatoms. The minimum atomic E-state index is -0.277. The molecule has 3 rings (SSSR count). The number of halogens is 2. The SMILES string of the molecule is Fc1ccc(Br)cc1NCc1ccn(-c2ccccc2)n1. The van der Waals surface area contributed by atoms with E-state index in [2.05, 4.69) is 26.3 Å². The van der Waals surface area contributed by atoms with Gasteiger partial charge >= 0.3 is 0 Å². The average molecular weight is 346 g/mol. The summed E-state index contributed by atoms with van der Waals surface area (Å²) < 4.78 is 16.3. The van der Waals surface area contributed by atoms with Crippen LogP contribution in [0.15, 0.2) is 65.3 Å². The Morgan fingerprint density at radius 3 is 2.71 bits per heavy atom. The summed E-state index contributed by atoms with van der Waals surface area (Å²) in [4.78, 5) is 0. The molecule has 0 aliphatic rings. The number of rotatable bonds is 4. The number of benzene rings is 2. The van der Waals surface area contributed by atoms with E-state index in [1.54, 1.807) is 16.8 Å². The van der Waals surface area contributed by atoms with Gasteiger partial charge in [-0.25, -0.2) is 9.07 Å². The van der Waals surface area contributed by atoms with E-state index in [4.69, 9.17) is 0 Å². The third-order valence-electron chi connectivity index (χ3n) is 3.05. The Labute approximate surface area is 130 Å². The number of hydrogen-bond donors (Lipinski definition) is 1. The van der Waals surface area contributed by atoms with Gasteiger partial charge in [0, 0.05) is 10.7 Å². The van der Waals surface area contributed by atoms with Crippen molar-refractivity contribution >= 4 is 21.6 Å². The average Bonchev–Trinajstić information content (AvgIpc) is 2.98. The largest absolute Gasteiger partial charge is 0.377 e. The van der Waals surface area contributed by atoms with Crippen LogP contribution in [0.2, 0.25) is 0 Å². The molecule has 0 spiro atoms. The van der Waals surface area contributed by atoms with Gasteiger partial charge in [0.1, 0.15) is 5.82 Å². The van der Waals surface area contributed by atoms with Crippen molar-refractivity contribution in [2.45, 2.75) is 6.54 Å². The molecule has 0 aliphatic heterocycles. The molecule has 0 amide bonds. The van der Waals surface area contributed by atoms with Crippen molar-refractivity contribution in [3.63, 3.8) is 0 Å². The second-order valence-corrected chi connectivity index (χ2v) is 5.48. The Bertz CT molecular complexity index is 740. The molecule has 0 fully saturated rings. The van der Waals surface area contributed by atoms with Gasteiger partial charge in [0.05, 0.1) is 23.6 Å². The molecular formula is C16H13BrFN3. The van der Waals surface area contributed by atoms with Gasteiger partial charge in [0.2, 0.25) is 0 Å². The summed E-state index contributed by atoms with van der Waals surface area (Å²) in [5.74, 6) is -0.277. The summed E-state index contributed by atoms with van der Waals surface area (Å²) in [5, 5.41) is 7.52. The van der Waals surface area contributed by atoms with Crippen LogP contribution >= 0.6 is 15.9 Å². The Morgan fingerprint density at radius 2 is 1.90 bits per heavy atom. The van der Waals surface area contributed by atoms with Gasteiger partial charge in [-0.3, -0.25) is 0 Å². The van der Waals surface area contributed by atoms with E-state index in [0.717, 1.165) is 15.9 Å². The molecule has 3 nitrogen and oxygen atoms in total. The van der Waals surface area contributed by atoms with E-state index in [-0.39, 0.29) is 5.82 Å². The molecule has 0 radical (unpaired) electrons. The molecule has 0 atom stereocenters. The van der Waals surface area contributed by atoms with Crippen molar-refractivity contribution in [3.8, 4) is 5.69 Å². The van der Waals surface area contributed by atoms with Crippen LogP contribution < -0.4 is 5.32 Å². The molecule has 21 heavy (non-hydrogen) atoms. The number of anilines is 1. The van der Waals surface area contributed by atoms with Crippen LogP contribution in [-0.2, 0) is 6.54 Å². The summed E-state index contributed by atoms with van der Waals surface area (Å²) >= 11 is 3.33. The number of hydrogen-bond acceptors (Lipinski definition) is 2. The lowest BCUT2D eigenvalue weighted by Gasteiger charge is -2.06. The minimum absolute atomic E-state index is 0.277. The highest BCUT2D eigenvalue weighted by Gasteiger charge is 2.04. The van der Waals surface area contributed by atoms with Crippen molar-refractivity contribution < 1.29 is 4.39 Å². The zero-order chi connectivity index (χ0) is 14.7. The molecule has 0 bridgehead atoms. The zero-order valence-electron chi connectivity index (χ0n) is 11.1. The number of nitrogens with zero attached hydrogens (tertiary/aromatic N) is 2.